The fraction of sp³-hybridized carbons (Fsp3) is 0.400. The standard InChI is InChI=1S/C20H28N10OS/c1-13-5-6-14(31-13)11-22-19-26-27-20(30(19)4)28(2)10-9-15-7-8-16(32-15)12-23-18-25-24-17(21)29(18)3/h5-8H,9-12H2,1-4H3,(H2,21,24)(H,22,26)(H,23,25). The third-order valence-electron chi connectivity index (χ3n) is 5.15. The van der Waals surface area contributed by atoms with Crippen LogP contribution < -0.4 is 21.3 Å². The third-order valence-corrected chi connectivity index (χ3v) is 6.30. The molecule has 4 heterocycles. The molecule has 0 spiro atoms. The van der Waals surface area contributed by atoms with E-state index in [-0.39, 0.29) is 0 Å². The quantitative estimate of drug-likeness (QED) is 0.329. The number of hydrogen-bond donors (Lipinski definition) is 3. The molecule has 4 rings (SSSR count). The number of anilines is 4. The number of thiophene rings is 1. The first-order chi connectivity index (χ1) is 15.4. The number of nitrogens with zero attached hydrogens (tertiary/aromatic N) is 7. The minimum atomic E-state index is 0.389. The average Bonchev–Trinajstić information content (AvgIpc) is 3.55. The molecule has 170 valence electrons. The smallest absolute Gasteiger partial charge is 0.228 e. The van der Waals surface area contributed by atoms with Crippen LogP contribution in [0.4, 0.5) is 23.8 Å². The predicted molar refractivity (Wildman–Crippen MR) is 126 cm³/mol. The van der Waals surface area contributed by atoms with Crippen molar-refractivity contribution < 1.29 is 4.42 Å². The highest BCUT2D eigenvalue weighted by Crippen LogP contribution is 2.20. The van der Waals surface area contributed by atoms with E-state index in [1.807, 2.05) is 44.8 Å². The van der Waals surface area contributed by atoms with Gasteiger partial charge in [0.1, 0.15) is 11.5 Å². The highest BCUT2D eigenvalue weighted by atomic mass is 32.1. The summed E-state index contributed by atoms with van der Waals surface area (Å²) in [5.41, 5.74) is 5.71. The summed E-state index contributed by atoms with van der Waals surface area (Å²) >= 11 is 1.78. The van der Waals surface area contributed by atoms with Gasteiger partial charge in [0.05, 0.1) is 13.1 Å². The van der Waals surface area contributed by atoms with Crippen molar-refractivity contribution in [3.63, 3.8) is 0 Å². The van der Waals surface area contributed by atoms with Crippen LogP contribution >= 0.6 is 11.3 Å². The molecular formula is C20H28N10OS. The molecule has 11 nitrogen and oxygen atoms in total. The summed E-state index contributed by atoms with van der Waals surface area (Å²) in [7, 11) is 5.81. The third kappa shape index (κ3) is 4.85. The molecule has 0 aliphatic carbocycles. The maximum Gasteiger partial charge on any atom is 0.228 e. The van der Waals surface area contributed by atoms with Crippen molar-refractivity contribution in [2.45, 2.75) is 26.4 Å². The summed E-state index contributed by atoms with van der Waals surface area (Å²) in [6.45, 7) is 4.01. The summed E-state index contributed by atoms with van der Waals surface area (Å²) in [5.74, 6) is 4.32. The number of hydrogen-bond acceptors (Lipinski definition) is 10. The Labute approximate surface area is 190 Å². The minimum absolute atomic E-state index is 0.389. The molecule has 0 atom stereocenters. The van der Waals surface area contributed by atoms with Gasteiger partial charge in [0.15, 0.2) is 0 Å². The zero-order chi connectivity index (χ0) is 22.7. The number of nitrogens with one attached hydrogen (secondary N) is 2. The van der Waals surface area contributed by atoms with Crippen molar-refractivity contribution in [3.8, 4) is 0 Å². The number of rotatable bonds is 10. The molecule has 0 unspecified atom stereocenters. The Morgan fingerprint density at radius 2 is 1.69 bits per heavy atom. The van der Waals surface area contributed by atoms with Gasteiger partial charge in [-0.2, -0.15) is 0 Å². The van der Waals surface area contributed by atoms with Crippen molar-refractivity contribution in [2.75, 3.05) is 34.9 Å². The SMILES string of the molecule is Cc1ccc(CNc2nnc(N(C)CCc3ccc(CNc4nnc(N)n4C)s3)n2C)o1. The Bertz CT molecular complexity index is 1170. The molecule has 12 heteroatoms. The van der Waals surface area contributed by atoms with Crippen LogP contribution in [0.25, 0.3) is 0 Å². The first-order valence-electron chi connectivity index (χ1n) is 10.3. The Kier molecular flexibility index (Phi) is 6.30. The first kappa shape index (κ1) is 21.7. The molecule has 0 aliphatic heterocycles. The zero-order valence-electron chi connectivity index (χ0n) is 18.7. The Hall–Kier alpha value is -3.54. The van der Waals surface area contributed by atoms with Gasteiger partial charge in [-0.25, -0.2) is 0 Å². The van der Waals surface area contributed by atoms with Gasteiger partial charge in [-0.15, -0.1) is 31.7 Å². The number of likely N-dealkylation sites (N-methyl/N-ethyl adjacent to an activating group) is 1. The largest absolute Gasteiger partial charge is 0.465 e. The minimum Gasteiger partial charge on any atom is -0.465 e. The van der Waals surface area contributed by atoms with E-state index < -0.39 is 0 Å². The summed E-state index contributed by atoms with van der Waals surface area (Å²) in [5, 5.41) is 23.0. The van der Waals surface area contributed by atoms with E-state index in [0.717, 1.165) is 30.4 Å². The van der Waals surface area contributed by atoms with Crippen molar-refractivity contribution in [3.05, 3.63) is 45.5 Å². The summed E-state index contributed by atoms with van der Waals surface area (Å²) in [6, 6.07) is 8.20. The fourth-order valence-corrected chi connectivity index (χ4v) is 4.19. The number of aromatic nitrogens is 6. The van der Waals surface area contributed by atoms with E-state index in [0.29, 0.717) is 30.9 Å². The first-order valence-corrected chi connectivity index (χ1v) is 11.1. The van der Waals surface area contributed by atoms with Crippen LogP contribution in [0.5, 0.6) is 0 Å². The molecular weight excluding hydrogens is 428 g/mol. The molecule has 0 fully saturated rings. The van der Waals surface area contributed by atoms with Gasteiger partial charge in [-0.05, 0) is 37.6 Å². The van der Waals surface area contributed by atoms with Crippen molar-refractivity contribution >= 4 is 35.1 Å². The normalized spacial score (nSPS) is 11.1. The van der Waals surface area contributed by atoms with Gasteiger partial charge in [-0.3, -0.25) is 9.13 Å². The van der Waals surface area contributed by atoms with Crippen LogP contribution in [-0.2, 0) is 33.6 Å². The topological polar surface area (TPSA) is 128 Å². The molecule has 0 saturated heterocycles. The molecule has 0 radical (unpaired) electrons. The monoisotopic (exact) mass is 456 g/mol. The maximum atomic E-state index is 5.71. The van der Waals surface area contributed by atoms with Crippen LogP contribution in [0.15, 0.2) is 28.7 Å². The number of nitrogens with two attached hydrogens (primary N) is 1. The number of nitrogen functional groups attached to an aromatic ring is 1. The lowest BCUT2D eigenvalue weighted by Gasteiger charge is -2.17. The Morgan fingerprint density at radius 1 is 0.969 bits per heavy atom. The van der Waals surface area contributed by atoms with Crippen LogP contribution in [-0.4, -0.2) is 43.1 Å². The predicted octanol–water partition coefficient (Wildman–Crippen LogP) is 2.39. The van der Waals surface area contributed by atoms with E-state index in [9.17, 15) is 0 Å². The van der Waals surface area contributed by atoms with Crippen LogP contribution in [0.2, 0.25) is 0 Å². The lowest BCUT2D eigenvalue weighted by molar-refractivity contribution is 0.490. The second kappa shape index (κ2) is 9.30. The molecule has 4 aromatic rings. The summed E-state index contributed by atoms with van der Waals surface area (Å²) < 4.78 is 9.27. The van der Waals surface area contributed by atoms with Crippen molar-refractivity contribution in [1.82, 2.24) is 29.5 Å². The highest BCUT2D eigenvalue weighted by Gasteiger charge is 2.14. The number of aryl methyl sites for hydroxylation is 1. The zero-order valence-corrected chi connectivity index (χ0v) is 19.5. The van der Waals surface area contributed by atoms with Crippen LogP contribution in [0, 0.1) is 6.92 Å². The second-order valence-corrected chi connectivity index (χ2v) is 8.84. The molecule has 0 aromatic carbocycles. The van der Waals surface area contributed by atoms with E-state index in [2.05, 4.69) is 48.1 Å². The van der Waals surface area contributed by atoms with Gasteiger partial charge < -0.3 is 25.7 Å². The van der Waals surface area contributed by atoms with E-state index in [4.69, 9.17) is 10.2 Å². The van der Waals surface area contributed by atoms with Gasteiger partial charge in [0.25, 0.3) is 0 Å². The summed E-state index contributed by atoms with van der Waals surface area (Å²) in [6.07, 6.45) is 0.916. The van der Waals surface area contributed by atoms with Gasteiger partial charge in [0, 0.05) is 37.4 Å². The second-order valence-electron chi connectivity index (χ2n) is 7.58. The van der Waals surface area contributed by atoms with Crippen LogP contribution in [0.3, 0.4) is 0 Å². The van der Waals surface area contributed by atoms with Crippen molar-refractivity contribution in [1.29, 1.82) is 0 Å². The molecule has 4 N–H and O–H groups in total. The van der Waals surface area contributed by atoms with E-state index >= 15 is 0 Å². The molecule has 0 bridgehead atoms. The molecule has 0 aliphatic rings. The van der Waals surface area contributed by atoms with Crippen molar-refractivity contribution in [2.24, 2.45) is 14.1 Å². The van der Waals surface area contributed by atoms with E-state index in [1.165, 1.54) is 9.75 Å². The maximum absolute atomic E-state index is 5.71. The van der Waals surface area contributed by atoms with E-state index in [1.54, 1.807) is 15.9 Å². The van der Waals surface area contributed by atoms with Gasteiger partial charge in [-0.1, -0.05) is 0 Å². The molecule has 0 saturated carbocycles. The average molecular weight is 457 g/mol. The summed E-state index contributed by atoms with van der Waals surface area (Å²) in [4.78, 5) is 4.64. The Balaban J connectivity index is 1.28. The Morgan fingerprint density at radius 3 is 2.41 bits per heavy atom. The van der Waals surface area contributed by atoms with Crippen LogP contribution in [0.1, 0.15) is 21.3 Å². The fourth-order valence-electron chi connectivity index (χ4n) is 3.24. The lowest BCUT2D eigenvalue weighted by Crippen LogP contribution is -2.23. The molecule has 4 aromatic heterocycles. The molecule has 0 amide bonds. The van der Waals surface area contributed by atoms with Gasteiger partial charge in [0.2, 0.25) is 23.8 Å². The van der Waals surface area contributed by atoms with Gasteiger partial charge >= 0.3 is 0 Å². The molecule has 32 heavy (non-hydrogen) atoms. The lowest BCUT2D eigenvalue weighted by atomic mass is 10.3. The number of furan rings is 1. The highest BCUT2D eigenvalue weighted by molar-refractivity contribution is 7.12.